The highest BCUT2D eigenvalue weighted by molar-refractivity contribution is 5.81. The fourth-order valence-corrected chi connectivity index (χ4v) is 2.92. The summed E-state index contributed by atoms with van der Waals surface area (Å²) in [6, 6.07) is 14.4. The number of carbonyl (C=O) groups is 1. The van der Waals surface area contributed by atoms with Gasteiger partial charge in [0, 0.05) is 0 Å². The van der Waals surface area contributed by atoms with Crippen LogP contribution >= 0.6 is 0 Å². The maximum Gasteiger partial charge on any atom is 0.261 e. The molecule has 0 aliphatic carbocycles. The molecule has 0 aliphatic heterocycles. The average molecular weight is 339 g/mol. The van der Waals surface area contributed by atoms with Crippen molar-refractivity contribution in [1.29, 1.82) is 0 Å². The Bertz CT molecular complexity index is 686. The van der Waals surface area contributed by atoms with Gasteiger partial charge in [-0.25, -0.2) is 0 Å². The molecule has 134 valence electrons. The Morgan fingerprint density at radius 1 is 1.04 bits per heavy atom. The first-order chi connectivity index (χ1) is 11.9. The van der Waals surface area contributed by atoms with Crippen molar-refractivity contribution in [1.82, 2.24) is 5.32 Å². The zero-order valence-corrected chi connectivity index (χ0v) is 15.9. The minimum absolute atomic E-state index is 0.0460. The molecule has 0 spiro atoms. The second-order valence-electron chi connectivity index (χ2n) is 6.66. The molecule has 3 nitrogen and oxygen atoms in total. The van der Waals surface area contributed by atoms with E-state index in [2.05, 4.69) is 42.6 Å². The van der Waals surface area contributed by atoms with Gasteiger partial charge in [0.15, 0.2) is 6.10 Å². The number of amides is 1. The van der Waals surface area contributed by atoms with Crippen LogP contribution in [0.3, 0.4) is 0 Å². The van der Waals surface area contributed by atoms with Crippen LogP contribution in [0.25, 0.3) is 0 Å². The normalized spacial score (nSPS) is 13.2. The van der Waals surface area contributed by atoms with Crippen molar-refractivity contribution in [3.63, 3.8) is 0 Å². The summed E-state index contributed by atoms with van der Waals surface area (Å²) in [5, 5.41) is 3.07. The third-order valence-corrected chi connectivity index (χ3v) is 4.38. The molecule has 0 radical (unpaired) electrons. The minimum atomic E-state index is -0.487. The highest BCUT2D eigenvalue weighted by atomic mass is 16.5. The van der Waals surface area contributed by atoms with Gasteiger partial charge in [-0.2, -0.15) is 0 Å². The zero-order valence-electron chi connectivity index (χ0n) is 15.9. The van der Waals surface area contributed by atoms with Crippen LogP contribution in [-0.4, -0.2) is 12.0 Å². The van der Waals surface area contributed by atoms with E-state index >= 15 is 0 Å². The van der Waals surface area contributed by atoms with Crippen LogP contribution in [0.1, 0.15) is 55.5 Å². The first kappa shape index (κ1) is 19.0. The minimum Gasteiger partial charge on any atom is -0.481 e. The summed E-state index contributed by atoms with van der Waals surface area (Å²) in [5.41, 5.74) is 4.67. The maximum atomic E-state index is 12.6. The summed E-state index contributed by atoms with van der Waals surface area (Å²) < 4.78 is 5.95. The fraction of sp³-hybridized carbons (Fsp3) is 0.409. The van der Waals surface area contributed by atoms with E-state index in [4.69, 9.17) is 4.74 Å². The van der Waals surface area contributed by atoms with E-state index in [1.807, 2.05) is 39.8 Å². The van der Waals surface area contributed by atoms with E-state index in [9.17, 15) is 4.79 Å². The lowest BCUT2D eigenvalue weighted by molar-refractivity contribution is -0.128. The molecule has 0 fully saturated rings. The van der Waals surface area contributed by atoms with Gasteiger partial charge < -0.3 is 10.1 Å². The van der Waals surface area contributed by atoms with Gasteiger partial charge in [0.1, 0.15) is 5.75 Å². The van der Waals surface area contributed by atoms with E-state index in [1.165, 1.54) is 5.56 Å². The summed E-state index contributed by atoms with van der Waals surface area (Å²) in [4.78, 5) is 12.6. The molecule has 2 atom stereocenters. The summed E-state index contributed by atoms with van der Waals surface area (Å²) in [6.07, 6.45) is 1.15. The number of rotatable bonds is 7. The van der Waals surface area contributed by atoms with Gasteiger partial charge in [0.25, 0.3) is 5.91 Å². The second-order valence-corrected chi connectivity index (χ2v) is 6.66. The van der Waals surface area contributed by atoms with E-state index in [0.29, 0.717) is 6.42 Å². The van der Waals surface area contributed by atoms with Crippen molar-refractivity contribution in [3.8, 4) is 5.75 Å². The maximum absolute atomic E-state index is 12.6. The van der Waals surface area contributed by atoms with E-state index in [1.54, 1.807) is 0 Å². The van der Waals surface area contributed by atoms with Crippen LogP contribution in [-0.2, 0) is 11.2 Å². The molecule has 1 amide bonds. The molecule has 0 saturated carbocycles. The van der Waals surface area contributed by atoms with Gasteiger partial charge in [-0.05, 0) is 68.0 Å². The summed E-state index contributed by atoms with van der Waals surface area (Å²) in [5.74, 6) is 0.674. The molecule has 0 aromatic heterocycles. The van der Waals surface area contributed by atoms with Crippen molar-refractivity contribution in [2.75, 3.05) is 0 Å². The van der Waals surface area contributed by atoms with Crippen molar-refractivity contribution in [3.05, 3.63) is 64.7 Å². The molecule has 2 rings (SSSR count). The number of carbonyl (C=O) groups excluding carboxylic acids is 1. The first-order valence-corrected chi connectivity index (χ1v) is 9.07. The number of nitrogens with one attached hydrogen (secondary N) is 1. The van der Waals surface area contributed by atoms with Gasteiger partial charge in [0.2, 0.25) is 0 Å². The molecule has 25 heavy (non-hydrogen) atoms. The molecule has 1 N–H and O–H groups in total. The molecule has 0 bridgehead atoms. The monoisotopic (exact) mass is 339 g/mol. The lowest BCUT2D eigenvalue weighted by atomic mass is 10.0. The molecule has 2 aromatic rings. The Kier molecular flexibility index (Phi) is 6.63. The second kappa shape index (κ2) is 8.70. The highest BCUT2D eigenvalue weighted by Crippen LogP contribution is 2.19. The Hall–Kier alpha value is -2.29. The quantitative estimate of drug-likeness (QED) is 0.779. The van der Waals surface area contributed by atoms with Crippen molar-refractivity contribution < 1.29 is 9.53 Å². The lowest BCUT2D eigenvalue weighted by Crippen LogP contribution is -2.39. The Balaban J connectivity index is 2.03. The number of benzene rings is 2. The average Bonchev–Trinajstić information content (AvgIpc) is 2.58. The van der Waals surface area contributed by atoms with Gasteiger partial charge >= 0.3 is 0 Å². The molecule has 0 unspecified atom stereocenters. The molecule has 0 heterocycles. The van der Waals surface area contributed by atoms with Gasteiger partial charge in [-0.15, -0.1) is 0 Å². The van der Waals surface area contributed by atoms with Gasteiger partial charge in [0.05, 0.1) is 6.04 Å². The summed E-state index contributed by atoms with van der Waals surface area (Å²) in [7, 11) is 0. The van der Waals surface area contributed by atoms with Crippen molar-refractivity contribution >= 4 is 5.91 Å². The van der Waals surface area contributed by atoms with E-state index < -0.39 is 6.10 Å². The zero-order chi connectivity index (χ0) is 18.4. The van der Waals surface area contributed by atoms with Crippen LogP contribution < -0.4 is 10.1 Å². The van der Waals surface area contributed by atoms with Crippen LogP contribution in [0, 0.1) is 13.8 Å². The van der Waals surface area contributed by atoms with Crippen LogP contribution in [0.2, 0.25) is 0 Å². The summed E-state index contributed by atoms with van der Waals surface area (Å²) in [6.45, 7) is 10.2. The van der Waals surface area contributed by atoms with E-state index in [0.717, 1.165) is 28.9 Å². The predicted octanol–water partition coefficient (Wildman–Crippen LogP) is 4.90. The molecular weight excluding hydrogens is 310 g/mol. The smallest absolute Gasteiger partial charge is 0.261 e. The number of hydrogen-bond acceptors (Lipinski definition) is 2. The third kappa shape index (κ3) is 5.35. The number of aryl methyl sites for hydroxylation is 3. The van der Waals surface area contributed by atoms with Crippen molar-refractivity contribution in [2.45, 2.75) is 59.6 Å². The van der Waals surface area contributed by atoms with Crippen LogP contribution in [0.15, 0.2) is 42.5 Å². The first-order valence-electron chi connectivity index (χ1n) is 9.07. The summed E-state index contributed by atoms with van der Waals surface area (Å²) >= 11 is 0. The lowest BCUT2D eigenvalue weighted by Gasteiger charge is -2.21. The highest BCUT2D eigenvalue weighted by Gasteiger charge is 2.21. The largest absolute Gasteiger partial charge is 0.481 e. The van der Waals surface area contributed by atoms with E-state index in [-0.39, 0.29) is 11.9 Å². The standard InChI is InChI=1S/C22H29NO2/c1-6-18-8-10-19(11-9-18)17(5)23-22(24)21(7-2)25-20-13-15(3)12-16(4)14-20/h8-14,17,21H,6-7H2,1-5H3,(H,23,24)/t17-,21+/m0/s1. The SMILES string of the molecule is CCc1ccc([C@H](C)NC(=O)[C@@H](CC)Oc2cc(C)cc(C)c2)cc1. The molecule has 0 saturated heterocycles. The third-order valence-electron chi connectivity index (χ3n) is 4.38. The molecule has 2 aromatic carbocycles. The Morgan fingerprint density at radius 2 is 1.64 bits per heavy atom. The number of hydrogen-bond donors (Lipinski definition) is 1. The van der Waals surface area contributed by atoms with Crippen LogP contribution in [0.4, 0.5) is 0 Å². The predicted molar refractivity (Wildman–Crippen MR) is 103 cm³/mol. The van der Waals surface area contributed by atoms with Crippen molar-refractivity contribution in [2.24, 2.45) is 0 Å². The Morgan fingerprint density at radius 3 is 2.16 bits per heavy atom. The molecular formula is C22H29NO2. The Labute approximate surface area is 151 Å². The molecule has 3 heteroatoms. The number of ether oxygens (including phenoxy) is 1. The van der Waals surface area contributed by atoms with Gasteiger partial charge in [-0.3, -0.25) is 4.79 Å². The van der Waals surface area contributed by atoms with Gasteiger partial charge in [-0.1, -0.05) is 44.2 Å². The topological polar surface area (TPSA) is 38.3 Å². The van der Waals surface area contributed by atoms with Crippen LogP contribution in [0.5, 0.6) is 5.75 Å². The molecule has 0 aliphatic rings. The fourth-order valence-electron chi connectivity index (χ4n) is 2.92.